The lowest BCUT2D eigenvalue weighted by Crippen LogP contribution is -2.26. The summed E-state index contributed by atoms with van der Waals surface area (Å²) in [5.74, 6) is -0.287. The highest BCUT2D eigenvalue weighted by atomic mass is 16.6. The lowest BCUT2D eigenvalue weighted by Gasteiger charge is -2.22. The molecule has 1 aliphatic heterocycles. The number of rotatable bonds is 6. The molecule has 1 aliphatic carbocycles. The minimum Gasteiger partial charge on any atom is -0.463 e. The van der Waals surface area contributed by atoms with Gasteiger partial charge in [0.2, 0.25) is 0 Å². The van der Waals surface area contributed by atoms with Gasteiger partial charge in [-0.15, -0.1) is 0 Å². The van der Waals surface area contributed by atoms with Crippen molar-refractivity contribution >= 4 is 11.8 Å². The molecule has 3 rings (SSSR count). The van der Waals surface area contributed by atoms with Crippen molar-refractivity contribution in [2.24, 2.45) is 0 Å². The van der Waals surface area contributed by atoms with Crippen molar-refractivity contribution in [3.8, 4) is 0 Å². The molecule has 0 radical (unpaired) electrons. The van der Waals surface area contributed by atoms with E-state index in [2.05, 4.69) is 6.07 Å². The molecule has 0 N–H and O–H groups in total. The first-order chi connectivity index (χ1) is 11.7. The monoisotopic (exact) mass is 330 g/mol. The van der Waals surface area contributed by atoms with Crippen molar-refractivity contribution in [2.75, 3.05) is 13.2 Å². The maximum atomic E-state index is 12.3. The van der Waals surface area contributed by atoms with E-state index in [1.807, 2.05) is 12.1 Å². The average Bonchev–Trinajstić information content (AvgIpc) is 2.65. The van der Waals surface area contributed by atoms with Crippen molar-refractivity contribution in [1.29, 1.82) is 0 Å². The molecule has 1 unspecified atom stereocenters. The number of benzene rings is 1. The molecular formula is C20H26O4. The Kier molecular flexibility index (Phi) is 6.02. The first-order valence-electron chi connectivity index (χ1n) is 9.14. The smallest absolute Gasteiger partial charge is 0.306 e. The predicted octanol–water partition coefficient (Wildman–Crippen LogP) is 3.64. The fraction of sp³-hybridized carbons (Fsp3) is 0.600. The van der Waals surface area contributed by atoms with Gasteiger partial charge >= 0.3 is 5.97 Å². The van der Waals surface area contributed by atoms with Crippen LogP contribution in [0.15, 0.2) is 18.2 Å². The fourth-order valence-electron chi connectivity index (χ4n) is 3.46. The number of aryl methyl sites for hydroxylation is 2. The van der Waals surface area contributed by atoms with Crippen molar-refractivity contribution in [1.82, 2.24) is 0 Å². The molecule has 1 aromatic rings. The van der Waals surface area contributed by atoms with E-state index in [-0.39, 0.29) is 30.7 Å². The average molecular weight is 330 g/mol. The first-order valence-corrected chi connectivity index (χ1v) is 9.14. The van der Waals surface area contributed by atoms with Crippen molar-refractivity contribution in [3.05, 3.63) is 34.9 Å². The molecule has 0 aromatic heterocycles. The van der Waals surface area contributed by atoms with Gasteiger partial charge in [0, 0.05) is 18.6 Å². The zero-order valence-electron chi connectivity index (χ0n) is 14.2. The second kappa shape index (κ2) is 8.43. The Morgan fingerprint density at radius 1 is 1.04 bits per heavy atom. The molecule has 130 valence electrons. The third-order valence-electron chi connectivity index (χ3n) is 4.93. The normalized spacial score (nSPS) is 20.2. The van der Waals surface area contributed by atoms with Crippen LogP contribution in [-0.2, 0) is 27.1 Å². The predicted molar refractivity (Wildman–Crippen MR) is 91.2 cm³/mol. The minimum absolute atomic E-state index is 0.0224. The van der Waals surface area contributed by atoms with Gasteiger partial charge in [0.25, 0.3) is 0 Å². The maximum absolute atomic E-state index is 12.3. The third kappa shape index (κ3) is 4.67. The Labute approximate surface area is 143 Å². The molecule has 0 bridgehead atoms. The Morgan fingerprint density at radius 2 is 1.88 bits per heavy atom. The molecule has 1 fully saturated rings. The molecule has 1 aromatic carbocycles. The van der Waals surface area contributed by atoms with E-state index in [1.165, 1.54) is 24.0 Å². The summed E-state index contributed by atoms with van der Waals surface area (Å²) in [6, 6.07) is 5.98. The molecule has 1 saturated heterocycles. The second-order valence-corrected chi connectivity index (χ2v) is 6.79. The van der Waals surface area contributed by atoms with Gasteiger partial charge in [-0.05, 0) is 62.1 Å². The van der Waals surface area contributed by atoms with Gasteiger partial charge in [-0.2, -0.15) is 0 Å². The lowest BCUT2D eigenvalue weighted by molar-refractivity contribution is -0.149. The van der Waals surface area contributed by atoms with Crippen LogP contribution >= 0.6 is 0 Å². The highest BCUT2D eigenvalue weighted by Gasteiger charge is 2.17. The summed E-state index contributed by atoms with van der Waals surface area (Å²) < 4.78 is 10.8. The molecule has 0 saturated carbocycles. The van der Waals surface area contributed by atoms with Gasteiger partial charge in [0.15, 0.2) is 5.78 Å². The maximum Gasteiger partial charge on any atom is 0.306 e. The van der Waals surface area contributed by atoms with Gasteiger partial charge in [-0.1, -0.05) is 12.1 Å². The summed E-state index contributed by atoms with van der Waals surface area (Å²) in [5.41, 5.74) is 3.38. The van der Waals surface area contributed by atoms with Gasteiger partial charge in [-0.3, -0.25) is 9.59 Å². The van der Waals surface area contributed by atoms with Crippen LogP contribution in [0, 0.1) is 0 Å². The van der Waals surface area contributed by atoms with Crippen molar-refractivity contribution < 1.29 is 19.1 Å². The van der Waals surface area contributed by atoms with Crippen LogP contribution in [0.5, 0.6) is 0 Å². The number of hydrogen-bond donors (Lipinski definition) is 0. The Hall–Kier alpha value is -1.68. The molecule has 1 atom stereocenters. The van der Waals surface area contributed by atoms with Crippen LogP contribution in [-0.4, -0.2) is 31.1 Å². The Bertz CT molecular complexity index is 587. The minimum atomic E-state index is -0.310. The van der Waals surface area contributed by atoms with Crippen LogP contribution in [0.3, 0.4) is 0 Å². The number of fused-ring (bicyclic) bond motifs is 1. The van der Waals surface area contributed by atoms with E-state index in [0.29, 0.717) is 6.61 Å². The zero-order valence-corrected chi connectivity index (χ0v) is 14.2. The number of hydrogen-bond acceptors (Lipinski definition) is 4. The number of carbonyl (C=O) groups is 2. The van der Waals surface area contributed by atoms with Gasteiger partial charge in [0.1, 0.15) is 6.61 Å². The van der Waals surface area contributed by atoms with Gasteiger partial charge in [0.05, 0.1) is 12.5 Å². The first kappa shape index (κ1) is 17.2. The lowest BCUT2D eigenvalue weighted by atomic mass is 9.89. The van der Waals surface area contributed by atoms with E-state index in [4.69, 9.17) is 9.47 Å². The van der Waals surface area contributed by atoms with E-state index in [9.17, 15) is 9.59 Å². The topological polar surface area (TPSA) is 52.6 Å². The number of Topliss-reactive ketones (excluding diaryl/α,β-unsaturated/α-hetero) is 1. The Balaban J connectivity index is 1.43. The van der Waals surface area contributed by atoms with E-state index in [1.54, 1.807) is 0 Å². The summed E-state index contributed by atoms with van der Waals surface area (Å²) in [6.45, 7) is 1.06. The van der Waals surface area contributed by atoms with E-state index in [0.717, 1.165) is 44.3 Å². The summed E-state index contributed by atoms with van der Waals surface area (Å²) in [4.78, 5) is 24.1. The van der Waals surface area contributed by atoms with Crippen LogP contribution in [0.1, 0.15) is 66.4 Å². The summed E-state index contributed by atoms with van der Waals surface area (Å²) >= 11 is 0. The number of ether oxygens (including phenoxy) is 2. The molecule has 0 amide bonds. The van der Waals surface area contributed by atoms with Crippen molar-refractivity contribution in [2.45, 2.75) is 63.9 Å². The summed E-state index contributed by atoms with van der Waals surface area (Å²) in [6.07, 6.45) is 8.13. The molecule has 1 heterocycles. The highest BCUT2D eigenvalue weighted by molar-refractivity contribution is 5.97. The van der Waals surface area contributed by atoms with Gasteiger partial charge < -0.3 is 9.47 Å². The van der Waals surface area contributed by atoms with Crippen LogP contribution < -0.4 is 0 Å². The van der Waals surface area contributed by atoms with Gasteiger partial charge in [-0.25, -0.2) is 0 Å². The second-order valence-electron chi connectivity index (χ2n) is 6.79. The zero-order chi connectivity index (χ0) is 16.8. The molecule has 2 aliphatic rings. The molecule has 4 heteroatoms. The molecule has 0 spiro atoms. The van der Waals surface area contributed by atoms with Crippen LogP contribution in [0.2, 0.25) is 0 Å². The summed E-state index contributed by atoms with van der Waals surface area (Å²) in [5, 5.41) is 0. The number of ketones is 1. The van der Waals surface area contributed by atoms with Crippen LogP contribution in [0.4, 0.5) is 0 Å². The molecular weight excluding hydrogens is 304 g/mol. The Morgan fingerprint density at radius 3 is 2.67 bits per heavy atom. The fourth-order valence-corrected chi connectivity index (χ4v) is 3.46. The van der Waals surface area contributed by atoms with E-state index < -0.39 is 0 Å². The number of esters is 1. The largest absolute Gasteiger partial charge is 0.463 e. The quantitative estimate of drug-likeness (QED) is 0.590. The van der Waals surface area contributed by atoms with Crippen molar-refractivity contribution in [3.63, 3.8) is 0 Å². The van der Waals surface area contributed by atoms with E-state index >= 15 is 0 Å². The molecule has 24 heavy (non-hydrogen) atoms. The number of carbonyl (C=O) groups excluding carboxylic acids is 2. The summed E-state index contributed by atoms with van der Waals surface area (Å²) in [7, 11) is 0. The third-order valence-corrected chi connectivity index (χ3v) is 4.93. The standard InChI is InChI=1S/C20H26O4/c21-19(17-9-8-15-5-1-2-6-16(15)13-17)10-11-20(22)24-14-18-7-3-4-12-23-18/h8-9,13,18H,1-7,10-12,14H2. The highest BCUT2D eigenvalue weighted by Crippen LogP contribution is 2.23. The van der Waals surface area contributed by atoms with Crippen LogP contribution in [0.25, 0.3) is 0 Å². The molecule has 4 nitrogen and oxygen atoms in total. The SMILES string of the molecule is O=C(CCC(=O)c1ccc2c(c1)CCCC2)OCC1CCCCO1.